The lowest BCUT2D eigenvalue weighted by Gasteiger charge is -2.27. The van der Waals surface area contributed by atoms with Gasteiger partial charge in [-0.3, -0.25) is 4.79 Å². The molecule has 0 aromatic heterocycles. The summed E-state index contributed by atoms with van der Waals surface area (Å²) in [5, 5.41) is 3.28. The molecule has 1 aliphatic heterocycles. The highest BCUT2D eigenvalue weighted by Gasteiger charge is 2.26. The number of ketones is 1. The molecular weight excluding hydrogens is 150 g/mol. The Morgan fingerprint density at radius 2 is 1.92 bits per heavy atom. The predicted octanol–water partition coefficient (Wildman–Crippen LogP) is 1.50. The lowest BCUT2D eigenvalue weighted by molar-refractivity contribution is -0.123. The zero-order valence-corrected chi connectivity index (χ0v) is 7.51. The average molecular weight is 167 g/mol. The van der Waals surface area contributed by atoms with Crippen LogP contribution in [0.5, 0.6) is 0 Å². The monoisotopic (exact) mass is 167 g/mol. The first-order valence-electron chi connectivity index (χ1n) is 5.12. The fraction of sp³-hybridized carbons (Fsp3) is 0.900. The molecule has 2 rings (SSSR count). The Morgan fingerprint density at radius 3 is 2.42 bits per heavy atom. The quantitative estimate of drug-likeness (QED) is 0.690. The molecule has 0 amide bonds. The molecule has 2 nitrogen and oxygen atoms in total. The normalized spacial score (nSPS) is 30.2. The van der Waals surface area contributed by atoms with Crippen molar-refractivity contribution in [3.8, 4) is 0 Å². The number of carbonyl (C=O) groups is 1. The van der Waals surface area contributed by atoms with Gasteiger partial charge in [-0.15, -0.1) is 0 Å². The number of carbonyl (C=O) groups excluding carboxylic acids is 1. The van der Waals surface area contributed by atoms with Crippen molar-refractivity contribution >= 4 is 5.78 Å². The molecule has 12 heavy (non-hydrogen) atoms. The van der Waals surface area contributed by atoms with Crippen LogP contribution in [0.3, 0.4) is 0 Å². The van der Waals surface area contributed by atoms with E-state index in [1.807, 2.05) is 0 Å². The number of hydrogen-bond donors (Lipinski definition) is 1. The van der Waals surface area contributed by atoms with Gasteiger partial charge in [0.1, 0.15) is 5.78 Å². The van der Waals surface area contributed by atoms with Gasteiger partial charge in [0.15, 0.2) is 0 Å². The molecule has 1 atom stereocenters. The van der Waals surface area contributed by atoms with Gasteiger partial charge < -0.3 is 5.32 Å². The largest absolute Gasteiger partial charge is 0.313 e. The third-order valence-electron chi connectivity index (χ3n) is 3.18. The molecule has 0 aromatic rings. The second-order valence-corrected chi connectivity index (χ2v) is 4.09. The maximum atomic E-state index is 11.6. The van der Waals surface area contributed by atoms with E-state index in [-0.39, 0.29) is 0 Å². The summed E-state index contributed by atoms with van der Waals surface area (Å²) in [7, 11) is 0. The molecule has 0 spiro atoms. The van der Waals surface area contributed by atoms with Crippen LogP contribution in [0.25, 0.3) is 0 Å². The van der Waals surface area contributed by atoms with E-state index in [0.717, 1.165) is 25.8 Å². The molecular formula is C10H17NO. The Morgan fingerprint density at radius 1 is 1.25 bits per heavy atom. The van der Waals surface area contributed by atoms with E-state index in [1.165, 1.54) is 19.3 Å². The van der Waals surface area contributed by atoms with Gasteiger partial charge >= 0.3 is 0 Å². The maximum Gasteiger partial charge on any atom is 0.137 e. The summed E-state index contributed by atoms with van der Waals surface area (Å²) in [6, 6.07) is 0.526. The third kappa shape index (κ3) is 1.69. The standard InChI is InChI=1S/C10H17NO/c12-10(7-9-5-6-11-9)8-3-1-2-4-8/h8-9,11H,1-7H2. The highest BCUT2D eigenvalue weighted by molar-refractivity contribution is 5.81. The maximum absolute atomic E-state index is 11.6. The van der Waals surface area contributed by atoms with Crippen molar-refractivity contribution in [3.63, 3.8) is 0 Å². The Balaban J connectivity index is 1.74. The third-order valence-corrected chi connectivity index (χ3v) is 3.18. The molecule has 0 radical (unpaired) electrons. The molecule has 0 bridgehead atoms. The minimum Gasteiger partial charge on any atom is -0.313 e. The first-order valence-corrected chi connectivity index (χ1v) is 5.12. The highest BCUT2D eigenvalue weighted by Crippen LogP contribution is 2.27. The van der Waals surface area contributed by atoms with Crippen LogP contribution in [0.15, 0.2) is 0 Å². The van der Waals surface area contributed by atoms with Gasteiger partial charge in [0.05, 0.1) is 0 Å². The second kappa shape index (κ2) is 3.56. The fourth-order valence-electron chi connectivity index (χ4n) is 2.18. The summed E-state index contributed by atoms with van der Waals surface area (Å²) in [6.45, 7) is 1.11. The molecule has 2 fully saturated rings. The summed E-state index contributed by atoms with van der Waals surface area (Å²) in [5.74, 6) is 0.942. The van der Waals surface area contributed by atoms with E-state index in [0.29, 0.717) is 17.7 Å². The van der Waals surface area contributed by atoms with Gasteiger partial charge in [-0.1, -0.05) is 12.8 Å². The molecule has 1 saturated heterocycles. The smallest absolute Gasteiger partial charge is 0.137 e. The molecule has 2 aliphatic rings. The van der Waals surface area contributed by atoms with Crippen LogP contribution in [-0.4, -0.2) is 18.4 Å². The summed E-state index contributed by atoms with van der Waals surface area (Å²) in [6.07, 6.45) is 6.86. The number of Topliss-reactive ketones (excluding diaryl/α,β-unsaturated/α-hetero) is 1. The van der Waals surface area contributed by atoms with Crippen LogP contribution < -0.4 is 5.32 Å². The topological polar surface area (TPSA) is 29.1 Å². The van der Waals surface area contributed by atoms with Gasteiger partial charge in [-0.2, -0.15) is 0 Å². The van der Waals surface area contributed by atoms with E-state index >= 15 is 0 Å². The van der Waals surface area contributed by atoms with Gasteiger partial charge in [0.25, 0.3) is 0 Å². The Hall–Kier alpha value is -0.370. The lowest BCUT2D eigenvalue weighted by atomic mass is 9.93. The Bertz CT molecular complexity index is 169. The molecule has 0 aromatic carbocycles. The van der Waals surface area contributed by atoms with Crippen molar-refractivity contribution in [2.24, 2.45) is 5.92 Å². The highest BCUT2D eigenvalue weighted by atomic mass is 16.1. The minimum absolute atomic E-state index is 0.424. The molecule has 2 heteroatoms. The van der Waals surface area contributed by atoms with Crippen molar-refractivity contribution in [1.82, 2.24) is 5.32 Å². The predicted molar refractivity (Wildman–Crippen MR) is 48.0 cm³/mol. The molecule has 1 saturated carbocycles. The van der Waals surface area contributed by atoms with Crippen LogP contribution in [0, 0.1) is 5.92 Å². The second-order valence-electron chi connectivity index (χ2n) is 4.09. The summed E-state index contributed by atoms with van der Waals surface area (Å²) in [5.41, 5.74) is 0. The molecule has 1 N–H and O–H groups in total. The Kier molecular flexibility index (Phi) is 2.45. The molecule has 68 valence electrons. The van der Waals surface area contributed by atoms with E-state index in [2.05, 4.69) is 5.32 Å². The fourth-order valence-corrected chi connectivity index (χ4v) is 2.18. The lowest BCUT2D eigenvalue weighted by Crippen LogP contribution is -2.44. The van der Waals surface area contributed by atoms with Crippen LogP contribution in [0.2, 0.25) is 0 Å². The number of nitrogens with one attached hydrogen (secondary N) is 1. The van der Waals surface area contributed by atoms with Crippen LogP contribution in [-0.2, 0) is 4.79 Å². The average Bonchev–Trinajstić information content (AvgIpc) is 2.47. The van der Waals surface area contributed by atoms with Crippen LogP contribution >= 0.6 is 0 Å². The van der Waals surface area contributed by atoms with Gasteiger partial charge in [0.2, 0.25) is 0 Å². The zero-order chi connectivity index (χ0) is 8.39. The number of hydrogen-bond acceptors (Lipinski definition) is 2. The van der Waals surface area contributed by atoms with E-state index < -0.39 is 0 Å². The summed E-state index contributed by atoms with van der Waals surface area (Å²) >= 11 is 0. The van der Waals surface area contributed by atoms with Crippen LogP contribution in [0.4, 0.5) is 0 Å². The number of rotatable bonds is 3. The van der Waals surface area contributed by atoms with Crippen molar-refractivity contribution < 1.29 is 4.79 Å². The summed E-state index contributed by atoms with van der Waals surface area (Å²) < 4.78 is 0. The SMILES string of the molecule is O=C(CC1CCN1)C1CCCC1. The first kappa shape index (κ1) is 8.24. The van der Waals surface area contributed by atoms with E-state index in [1.54, 1.807) is 0 Å². The van der Waals surface area contributed by atoms with Gasteiger partial charge in [0, 0.05) is 18.4 Å². The first-order chi connectivity index (χ1) is 5.86. The molecule has 1 unspecified atom stereocenters. The van der Waals surface area contributed by atoms with E-state index in [4.69, 9.17) is 0 Å². The van der Waals surface area contributed by atoms with Crippen molar-refractivity contribution in [2.45, 2.75) is 44.6 Å². The zero-order valence-electron chi connectivity index (χ0n) is 7.51. The van der Waals surface area contributed by atoms with Crippen molar-refractivity contribution in [3.05, 3.63) is 0 Å². The Labute approximate surface area is 73.7 Å². The summed E-state index contributed by atoms with van der Waals surface area (Å²) in [4.78, 5) is 11.6. The van der Waals surface area contributed by atoms with Gasteiger partial charge in [-0.05, 0) is 25.8 Å². The van der Waals surface area contributed by atoms with Crippen LogP contribution in [0.1, 0.15) is 38.5 Å². The van der Waals surface area contributed by atoms with E-state index in [9.17, 15) is 4.79 Å². The van der Waals surface area contributed by atoms with Crippen molar-refractivity contribution in [1.29, 1.82) is 0 Å². The minimum atomic E-state index is 0.424. The molecule has 1 heterocycles. The van der Waals surface area contributed by atoms with Crippen molar-refractivity contribution in [2.75, 3.05) is 6.54 Å². The molecule has 1 aliphatic carbocycles. The van der Waals surface area contributed by atoms with Gasteiger partial charge in [-0.25, -0.2) is 0 Å².